The summed E-state index contributed by atoms with van der Waals surface area (Å²) in [6.07, 6.45) is -0.126. The number of rotatable bonds is 20. The number of amides is 6. The first-order chi connectivity index (χ1) is 19.7. The Hall–Kier alpha value is -3.96. The second-order valence-corrected chi connectivity index (χ2v) is 8.63. The van der Waals surface area contributed by atoms with Crippen LogP contribution in [0.5, 0.6) is 0 Å². The van der Waals surface area contributed by atoms with Gasteiger partial charge >= 0.3 is 11.9 Å². The van der Waals surface area contributed by atoms with Crippen molar-refractivity contribution in [2.75, 3.05) is 52.7 Å². The Kier molecular flexibility index (Phi) is 14.9. The molecular weight excluding hydrogens is 552 g/mol. The number of hydrogen-bond donors (Lipinski definition) is 2. The van der Waals surface area contributed by atoms with Crippen molar-refractivity contribution in [2.24, 2.45) is 0 Å². The van der Waals surface area contributed by atoms with E-state index in [4.69, 9.17) is 23.9 Å². The van der Waals surface area contributed by atoms with E-state index in [9.17, 15) is 38.4 Å². The van der Waals surface area contributed by atoms with E-state index in [0.29, 0.717) is 10.1 Å². The van der Waals surface area contributed by atoms with E-state index < -0.39 is 35.6 Å². The van der Waals surface area contributed by atoms with E-state index in [2.05, 4.69) is 10.6 Å². The molecule has 0 radical (unpaired) electrons. The average molecular weight is 587 g/mol. The molecule has 2 aliphatic heterocycles. The Morgan fingerprint density at radius 3 is 1.20 bits per heavy atom. The van der Waals surface area contributed by atoms with E-state index in [-0.39, 0.29) is 116 Å². The van der Waals surface area contributed by atoms with E-state index >= 15 is 0 Å². The van der Waals surface area contributed by atoms with Crippen molar-refractivity contribution < 1.29 is 62.2 Å². The summed E-state index contributed by atoms with van der Waals surface area (Å²) in [7, 11) is 0. The van der Waals surface area contributed by atoms with Crippen LogP contribution < -0.4 is 10.6 Å². The third-order valence-corrected chi connectivity index (χ3v) is 5.38. The van der Waals surface area contributed by atoms with E-state index in [1.165, 1.54) is 0 Å². The number of hydrogen-bond acceptors (Lipinski definition) is 13. The first-order valence-corrected chi connectivity index (χ1v) is 13.1. The molecule has 0 bridgehead atoms. The zero-order valence-corrected chi connectivity index (χ0v) is 22.5. The highest BCUT2D eigenvalue weighted by atomic mass is 16.7. The number of nitrogens with zero attached hydrogens (tertiary/aromatic N) is 2. The predicted octanol–water partition coefficient (Wildman–Crippen LogP) is -1.96. The monoisotopic (exact) mass is 586 g/mol. The fourth-order valence-corrected chi connectivity index (χ4v) is 3.26. The van der Waals surface area contributed by atoms with Crippen LogP contribution in [0.2, 0.25) is 0 Å². The van der Waals surface area contributed by atoms with Crippen LogP contribution in [0.15, 0.2) is 0 Å². The molecule has 0 atom stereocenters. The largest absolute Gasteiger partial charge is 0.380 e. The molecule has 0 saturated carbocycles. The smallest absolute Gasteiger partial charge is 0.335 e. The molecule has 228 valence electrons. The van der Waals surface area contributed by atoms with Gasteiger partial charge in [-0.2, -0.15) is 0 Å². The van der Waals surface area contributed by atoms with Gasteiger partial charge in [-0.3, -0.25) is 28.8 Å². The van der Waals surface area contributed by atoms with Crippen molar-refractivity contribution in [3.8, 4) is 0 Å². The van der Waals surface area contributed by atoms with Gasteiger partial charge in [0.25, 0.3) is 23.6 Å². The number of ether oxygens (including phenoxy) is 3. The highest BCUT2D eigenvalue weighted by Crippen LogP contribution is 2.13. The minimum atomic E-state index is -0.774. The third kappa shape index (κ3) is 13.3. The third-order valence-electron chi connectivity index (χ3n) is 5.38. The fraction of sp³-hybridized carbons (Fsp3) is 0.667. The topological polar surface area (TPSA) is 213 Å². The van der Waals surface area contributed by atoms with Crippen LogP contribution in [0.25, 0.3) is 0 Å². The summed E-state index contributed by atoms with van der Waals surface area (Å²) in [5.41, 5.74) is 0. The van der Waals surface area contributed by atoms with Gasteiger partial charge in [-0.05, 0) is 0 Å². The minimum Gasteiger partial charge on any atom is -0.380 e. The quantitative estimate of drug-likeness (QED) is 0.117. The Balaban J connectivity index is 1.34. The Bertz CT molecular complexity index is 879. The molecule has 0 spiro atoms. The second-order valence-electron chi connectivity index (χ2n) is 8.63. The number of nitrogens with one attached hydrogen (secondary N) is 2. The van der Waals surface area contributed by atoms with Gasteiger partial charge in [0.05, 0.1) is 52.5 Å². The molecule has 2 N–H and O–H groups in total. The molecule has 0 unspecified atom stereocenters. The van der Waals surface area contributed by atoms with Gasteiger partial charge in [0, 0.05) is 51.6 Å². The van der Waals surface area contributed by atoms with Gasteiger partial charge in [-0.1, -0.05) is 0 Å². The lowest BCUT2D eigenvalue weighted by Crippen LogP contribution is -2.32. The van der Waals surface area contributed by atoms with Crippen molar-refractivity contribution in [3.63, 3.8) is 0 Å². The van der Waals surface area contributed by atoms with Crippen molar-refractivity contribution in [1.82, 2.24) is 20.8 Å². The summed E-state index contributed by atoms with van der Waals surface area (Å²) >= 11 is 0. The van der Waals surface area contributed by atoms with Crippen molar-refractivity contribution in [2.45, 2.75) is 51.4 Å². The minimum absolute atomic E-state index is 0.0118. The Labute approximate surface area is 235 Å². The van der Waals surface area contributed by atoms with Crippen LogP contribution in [0.3, 0.4) is 0 Å². The molecule has 2 rings (SSSR count). The summed E-state index contributed by atoms with van der Waals surface area (Å²) in [6, 6.07) is 0. The van der Waals surface area contributed by atoms with Gasteiger partial charge in [0.15, 0.2) is 0 Å². The van der Waals surface area contributed by atoms with E-state index in [1.54, 1.807) is 0 Å². The number of carbonyl (C=O) groups excluding carboxylic acids is 8. The van der Waals surface area contributed by atoms with Crippen LogP contribution in [0, 0.1) is 0 Å². The van der Waals surface area contributed by atoms with Crippen molar-refractivity contribution in [1.29, 1.82) is 0 Å². The SMILES string of the molecule is O=C(CCOCCC(=O)NCCOCCC(=O)ON1C(=O)CCC1=O)NCCOCCC(=O)ON1C(=O)CCC1=O. The normalized spacial score (nSPS) is 14.9. The molecule has 17 heteroatoms. The zero-order valence-electron chi connectivity index (χ0n) is 22.5. The molecule has 0 aliphatic carbocycles. The van der Waals surface area contributed by atoms with Crippen LogP contribution in [0.1, 0.15) is 51.4 Å². The average Bonchev–Trinajstić information content (AvgIpc) is 3.42. The summed E-state index contributed by atoms with van der Waals surface area (Å²) in [5.74, 6) is -4.36. The second kappa shape index (κ2) is 18.4. The molecular formula is C24H34N4O13. The molecule has 0 aromatic carbocycles. The maximum Gasteiger partial charge on any atom is 0.335 e. The molecule has 2 aliphatic rings. The van der Waals surface area contributed by atoms with Gasteiger partial charge in [0.2, 0.25) is 11.8 Å². The van der Waals surface area contributed by atoms with Crippen LogP contribution in [0.4, 0.5) is 0 Å². The number of imide groups is 2. The van der Waals surface area contributed by atoms with E-state index in [1.807, 2.05) is 0 Å². The molecule has 0 aromatic rings. The lowest BCUT2D eigenvalue weighted by Gasteiger charge is -2.12. The van der Waals surface area contributed by atoms with Crippen molar-refractivity contribution in [3.05, 3.63) is 0 Å². The van der Waals surface area contributed by atoms with Gasteiger partial charge in [-0.25, -0.2) is 9.59 Å². The molecule has 2 heterocycles. The molecule has 6 amide bonds. The lowest BCUT2D eigenvalue weighted by atomic mass is 10.4. The summed E-state index contributed by atoms with van der Waals surface area (Å²) < 4.78 is 15.7. The molecule has 41 heavy (non-hydrogen) atoms. The highest BCUT2D eigenvalue weighted by molar-refractivity contribution is 6.02. The zero-order chi connectivity index (χ0) is 30.0. The maximum atomic E-state index is 11.8. The Morgan fingerprint density at radius 2 is 0.829 bits per heavy atom. The first-order valence-electron chi connectivity index (χ1n) is 13.1. The molecule has 2 saturated heterocycles. The lowest BCUT2D eigenvalue weighted by molar-refractivity contribution is -0.198. The fourth-order valence-electron chi connectivity index (χ4n) is 3.26. The van der Waals surface area contributed by atoms with Crippen molar-refractivity contribution >= 4 is 47.4 Å². The molecule has 17 nitrogen and oxygen atoms in total. The first kappa shape index (κ1) is 33.2. The number of hydroxylamine groups is 4. The summed E-state index contributed by atoms with van der Waals surface area (Å²) in [4.78, 5) is 102. The summed E-state index contributed by atoms with van der Waals surface area (Å²) in [6.45, 7) is 0.845. The maximum absolute atomic E-state index is 11.8. The van der Waals surface area contributed by atoms with Crippen LogP contribution in [-0.2, 0) is 62.2 Å². The highest BCUT2D eigenvalue weighted by Gasteiger charge is 2.33. The van der Waals surface area contributed by atoms with E-state index in [0.717, 1.165) is 0 Å². The summed E-state index contributed by atoms with van der Waals surface area (Å²) in [5, 5.41) is 6.13. The van der Waals surface area contributed by atoms with Crippen LogP contribution in [-0.4, -0.2) is 110 Å². The standard InChI is InChI=1S/C24H34N4O13/c29-17(25-9-15-38-13-7-23(35)40-27-19(31)1-2-20(27)32)5-11-37-12-6-18(30)26-10-16-39-14-8-24(36)41-28-21(33)3-4-22(28)34/h1-16H2,(H,25,29)(H,26,30). The molecule has 2 fully saturated rings. The van der Waals surface area contributed by atoms with Crippen LogP contribution >= 0.6 is 0 Å². The Morgan fingerprint density at radius 1 is 0.512 bits per heavy atom. The van der Waals surface area contributed by atoms with Gasteiger partial charge in [0.1, 0.15) is 0 Å². The predicted molar refractivity (Wildman–Crippen MR) is 131 cm³/mol. The van der Waals surface area contributed by atoms with Gasteiger partial charge < -0.3 is 34.5 Å². The van der Waals surface area contributed by atoms with Gasteiger partial charge in [-0.15, -0.1) is 10.1 Å². The molecule has 0 aromatic heterocycles. The number of carbonyl (C=O) groups is 8.